The van der Waals surface area contributed by atoms with E-state index in [1.807, 2.05) is 6.08 Å². The summed E-state index contributed by atoms with van der Waals surface area (Å²) < 4.78 is 16.1. The van der Waals surface area contributed by atoms with E-state index in [0.29, 0.717) is 6.61 Å². The van der Waals surface area contributed by atoms with E-state index in [1.54, 1.807) is 6.92 Å². The molecule has 1 fully saturated rings. The van der Waals surface area contributed by atoms with Crippen LogP contribution in [-0.2, 0) is 14.2 Å². The van der Waals surface area contributed by atoms with Crippen LogP contribution in [0, 0.1) is 0 Å². The topological polar surface area (TPSA) is 68.2 Å². The molecule has 0 radical (unpaired) electrons. The molecule has 0 saturated carbocycles. The predicted molar refractivity (Wildman–Crippen MR) is 62.5 cm³/mol. The number of methoxy groups -OCH3 is 1. The molecule has 1 saturated heterocycles. The Labute approximate surface area is 102 Å². The van der Waals surface area contributed by atoms with Gasteiger partial charge in [-0.15, -0.1) is 6.58 Å². The van der Waals surface area contributed by atoms with Gasteiger partial charge < -0.3 is 24.4 Å². The van der Waals surface area contributed by atoms with Crippen molar-refractivity contribution in [2.75, 3.05) is 13.7 Å². The van der Waals surface area contributed by atoms with Gasteiger partial charge in [-0.1, -0.05) is 6.08 Å². The van der Waals surface area contributed by atoms with E-state index in [4.69, 9.17) is 14.2 Å². The first-order chi connectivity index (χ1) is 8.11. The largest absolute Gasteiger partial charge is 0.388 e. The number of aliphatic hydroxyl groups excluding tert-OH is 2. The SMILES string of the molecule is C=CCCCOC1O[C@@H](C)[C@@H](O)[C@@H](O)[C@@H]1OC. The Bertz CT molecular complexity index is 233. The summed E-state index contributed by atoms with van der Waals surface area (Å²) in [4.78, 5) is 0. The maximum atomic E-state index is 9.83. The number of hydrogen-bond acceptors (Lipinski definition) is 5. The van der Waals surface area contributed by atoms with Gasteiger partial charge in [0.05, 0.1) is 12.7 Å². The Morgan fingerprint density at radius 3 is 2.65 bits per heavy atom. The molecule has 0 aromatic carbocycles. The second-order valence-corrected chi connectivity index (χ2v) is 4.19. The number of unbranched alkanes of at least 4 members (excludes halogenated alkanes) is 1. The molecule has 5 heteroatoms. The van der Waals surface area contributed by atoms with E-state index in [0.717, 1.165) is 12.8 Å². The summed E-state index contributed by atoms with van der Waals surface area (Å²) in [5.74, 6) is 0. The van der Waals surface area contributed by atoms with E-state index >= 15 is 0 Å². The van der Waals surface area contributed by atoms with Gasteiger partial charge in [0.1, 0.15) is 18.3 Å². The molecule has 5 nitrogen and oxygen atoms in total. The minimum Gasteiger partial charge on any atom is -0.388 e. The van der Waals surface area contributed by atoms with Crippen molar-refractivity contribution in [3.8, 4) is 0 Å². The summed E-state index contributed by atoms with van der Waals surface area (Å²) in [6, 6.07) is 0. The van der Waals surface area contributed by atoms with Crippen LogP contribution >= 0.6 is 0 Å². The zero-order chi connectivity index (χ0) is 12.8. The van der Waals surface area contributed by atoms with Crippen LogP contribution < -0.4 is 0 Å². The molecular weight excluding hydrogens is 224 g/mol. The first-order valence-electron chi connectivity index (χ1n) is 5.88. The second kappa shape index (κ2) is 7.08. The Balaban J connectivity index is 2.47. The zero-order valence-corrected chi connectivity index (χ0v) is 10.4. The molecule has 1 unspecified atom stereocenters. The van der Waals surface area contributed by atoms with Gasteiger partial charge in [0.25, 0.3) is 0 Å². The molecule has 0 amide bonds. The minimum atomic E-state index is -0.992. The van der Waals surface area contributed by atoms with Crippen LogP contribution in [0.15, 0.2) is 12.7 Å². The molecule has 1 aliphatic rings. The van der Waals surface area contributed by atoms with Gasteiger partial charge in [0.15, 0.2) is 6.29 Å². The molecule has 1 heterocycles. The van der Waals surface area contributed by atoms with Crippen LogP contribution in [0.5, 0.6) is 0 Å². The molecule has 1 aliphatic heterocycles. The minimum absolute atomic E-state index is 0.471. The van der Waals surface area contributed by atoms with Crippen LogP contribution in [0.2, 0.25) is 0 Å². The van der Waals surface area contributed by atoms with Gasteiger partial charge in [-0.05, 0) is 19.8 Å². The van der Waals surface area contributed by atoms with Gasteiger partial charge in [-0.3, -0.25) is 0 Å². The van der Waals surface area contributed by atoms with Crippen LogP contribution in [-0.4, -0.2) is 54.6 Å². The molecule has 0 aromatic rings. The molecule has 0 spiro atoms. The maximum absolute atomic E-state index is 9.83. The van der Waals surface area contributed by atoms with Crippen molar-refractivity contribution >= 4 is 0 Å². The van der Waals surface area contributed by atoms with Crippen molar-refractivity contribution in [3.05, 3.63) is 12.7 Å². The molecule has 100 valence electrons. The summed E-state index contributed by atoms with van der Waals surface area (Å²) in [5.41, 5.74) is 0. The fourth-order valence-electron chi connectivity index (χ4n) is 1.81. The summed E-state index contributed by atoms with van der Waals surface area (Å²) in [6.45, 7) is 5.83. The fourth-order valence-corrected chi connectivity index (χ4v) is 1.81. The summed E-state index contributed by atoms with van der Waals surface area (Å²) >= 11 is 0. The normalized spacial score (nSPS) is 38.0. The van der Waals surface area contributed by atoms with Crippen LogP contribution in [0.25, 0.3) is 0 Å². The zero-order valence-electron chi connectivity index (χ0n) is 10.4. The smallest absolute Gasteiger partial charge is 0.186 e. The highest BCUT2D eigenvalue weighted by Crippen LogP contribution is 2.23. The Morgan fingerprint density at radius 2 is 2.06 bits per heavy atom. The first-order valence-corrected chi connectivity index (χ1v) is 5.88. The number of allylic oxidation sites excluding steroid dienone is 1. The van der Waals surface area contributed by atoms with Crippen LogP contribution in [0.3, 0.4) is 0 Å². The first kappa shape index (κ1) is 14.6. The van der Waals surface area contributed by atoms with Gasteiger partial charge in [0, 0.05) is 7.11 Å². The third-order valence-electron chi connectivity index (χ3n) is 2.89. The average Bonchev–Trinajstić information content (AvgIpc) is 2.32. The van der Waals surface area contributed by atoms with Crippen LogP contribution in [0.4, 0.5) is 0 Å². The highest BCUT2D eigenvalue weighted by atomic mass is 16.7. The molecule has 0 bridgehead atoms. The van der Waals surface area contributed by atoms with E-state index in [2.05, 4.69) is 6.58 Å². The molecular formula is C12H22O5. The number of hydrogen-bond donors (Lipinski definition) is 2. The fraction of sp³-hybridized carbons (Fsp3) is 0.833. The quantitative estimate of drug-likeness (QED) is 0.526. The van der Waals surface area contributed by atoms with Gasteiger partial charge in [-0.2, -0.15) is 0 Å². The predicted octanol–water partition coefficient (Wildman–Crippen LogP) is 0.451. The number of aliphatic hydroxyl groups is 2. The van der Waals surface area contributed by atoms with Crippen LogP contribution in [0.1, 0.15) is 19.8 Å². The molecule has 1 rings (SSSR count). The highest BCUT2D eigenvalue weighted by Gasteiger charge is 2.43. The lowest BCUT2D eigenvalue weighted by atomic mass is 10.00. The Kier molecular flexibility index (Phi) is 6.08. The Hall–Kier alpha value is -0.460. The number of rotatable bonds is 6. The molecule has 5 atom stereocenters. The van der Waals surface area contributed by atoms with E-state index in [9.17, 15) is 10.2 Å². The van der Waals surface area contributed by atoms with E-state index in [-0.39, 0.29) is 0 Å². The lowest BCUT2D eigenvalue weighted by Crippen LogP contribution is -2.58. The molecule has 0 aromatic heterocycles. The van der Waals surface area contributed by atoms with Crippen molar-refractivity contribution in [2.45, 2.75) is 50.5 Å². The van der Waals surface area contributed by atoms with E-state index in [1.165, 1.54) is 7.11 Å². The van der Waals surface area contributed by atoms with Crippen molar-refractivity contribution < 1.29 is 24.4 Å². The van der Waals surface area contributed by atoms with Gasteiger partial charge in [0.2, 0.25) is 0 Å². The maximum Gasteiger partial charge on any atom is 0.186 e. The van der Waals surface area contributed by atoms with Crippen molar-refractivity contribution in [1.82, 2.24) is 0 Å². The average molecular weight is 246 g/mol. The lowest BCUT2D eigenvalue weighted by Gasteiger charge is -2.40. The molecule has 17 heavy (non-hydrogen) atoms. The Morgan fingerprint density at radius 1 is 1.35 bits per heavy atom. The summed E-state index contributed by atoms with van der Waals surface area (Å²) in [5, 5.41) is 19.5. The highest BCUT2D eigenvalue weighted by molar-refractivity contribution is 4.88. The van der Waals surface area contributed by atoms with E-state index < -0.39 is 30.7 Å². The monoisotopic (exact) mass is 246 g/mol. The summed E-state index contributed by atoms with van der Waals surface area (Å²) in [6.07, 6.45) is -0.192. The summed E-state index contributed by atoms with van der Waals surface area (Å²) in [7, 11) is 1.46. The third kappa shape index (κ3) is 3.76. The number of ether oxygens (including phenoxy) is 3. The van der Waals surface area contributed by atoms with Gasteiger partial charge in [-0.25, -0.2) is 0 Å². The van der Waals surface area contributed by atoms with Crippen molar-refractivity contribution in [2.24, 2.45) is 0 Å². The second-order valence-electron chi connectivity index (χ2n) is 4.19. The lowest BCUT2D eigenvalue weighted by molar-refractivity contribution is -0.298. The van der Waals surface area contributed by atoms with Crippen molar-refractivity contribution in [3.63, 3.8) is 0 Å². The third-order valence-corrected chi connectivity index (χ3v) is 2.89. The van der Waals surface area contributed by atoms with Gasteiger partial charge >= 0.3 is 0 Å². The van der Waals surface area contributed by atoms with Crippen molar-refractivity contribution in [1.29, 1.82) is 0 Å². The molecule has 0 aliphatic carbocycles. The molecule has 2 N–H and O–H groups in total. The standard InChI is InChI=1S/C12H22O5/c1-4-5-6-7-16-12-11(15-3)10(14)9(13)8(2)17-12/h4,8-14H,1,5-7H2,2-3H3/t8-,9+,10+,11-,12?/m0/s1.